The summed E-state index contributed by atoms with van der Waals surface area (Å²) >= 11 is 0. The van der Waals surface area contributed by atoms with Crippen molar-refractivity contribution in [2.24, 2.45) is 0 Å². The van der Waals surface area contributed by atoms with E-state index in [1.54, 1.807) is 19.9 Å². The van der Waals surface area contributed by atoms with Crippen LogP contribution in [-0.2, 0) is 28.7 Å². The van der Waals surface area contributed by atoms with Crippen molar-refractivity contribution in [3.05, 3.63) is 46.1 Å². The summed E-state index contributed by atoms with van der Waals surface area (Å²) in [6, 6.07) is -1.55. The number of carbonyl (C=O) groups is 3. The Kier molecular flexibility index (Phi) is 13.2. The van der Waals surface area contributed by atoms with E-state index in [1.165, 1.54) is 4.90 Å². The van der Waals surface area contributed by atoms with Crippen molar-refractivity contribution in [3.8, 4) is 0 Å². The zero-order valence-electron chi connectivity index (χ0n) is 20.1. The van der Waals surface area contributed by atoms with Crippen molar-refractivity contribution in [1.82, 2.24) is 10.2 Å². The highest BCUT2D eigenvalue weighted by Crippen LogP contribution is 2.27. The summed E-state index contributed by atoms with van der Waals surface area (Å²) < 4.78 is 10.3. The molecule has 1 amide bonds. The molecule has 2 unspecified atom stereocenters. The second kappa shape index (κ2) is 15.6. The molecular formula is C23H35N3O8. The fraction of sp³-hybridized carbons (Fsp3) is 0.609. The first-order chi connectivity index (χ1) is 16.2. The number of amides is 1. The molecule has 1 aliphatic heterocycles. The molecule has 1 heterocycles. The van der Waals surface area contributed by atoms with Gasteiger partial charge >= 0.3 is 11.9 Å². The smallest absolute Gasteiger partial charge is 0.329 e. The third kappa shape index (κ3) is 9.74. The first-order valence-corrected chi connectivity index (χ1v) is 11.4. The van der Waals surface area contributed by atoms with E-state index in [2.05, 4.69) is 16.7 Å². The van der Waals surface area contributed by atoms with E-state index >= 15 is 0 Å². The molecule has 0 spiro atoms. The van der Waals surface area contributed by atoms with Gasteiger partial charge in [0.1, 0.15) is 6.04 Å². The lowest BCUT2D eigenvalue weighted by Crippen LogP contribution is -2.55. The van der Waals surface area contributed by atoms with E-state index in [0.717, 1.165) is 11.1 Å². The Bertz CT molecular complexity index is 793. The summed E-state index contributed by atoms with van der Waals surface area (Å²) in [5.41, 5.74) is 1.73. The van der Waals surface area contributed by atoms with Crippen LogP contribution in [0.4, 0.5) is 0 Å². The second-order valence-electron chi connectivity index (χ2n) is 7.63. The fourth-order valence-corrected chi connectivity index (χ4v) is 3.43. The lowest BCUT2D eigenvalue weighted by atomic mass is 9.92. The molecule has 0 aliphatic carbocycles. The molecule has 0 aromatic rings. The molecule has 34 heavy (non-hydrogen) atoms. The van der Waals surface area contributed by atoms with Crippen molar-refractivity contribution in [2.45, 2.75) is 58.5 Å². The predicted octanol–water partition coefficient (Wildman–Crippen LogP) is 2.11. The summed E-state index contributed by atoms with van der Waals surface area (Å²) in [4.78, 5) is 53.5. The molecule has 0 aromatic heterocycles. The Balaban J connectivity index is 2.82. The average Bonchev–Trinajstić information content (AvgIpc) is 2.81. The van der Waals surface area contributed by atoms with E-state index in [4.69, 9.17) is 9.47 Å². The van der Waals surface area contributed by atoms with Crippen molar-refractivity contribution >= 4 is 17.8 Å². The third-order valence-electron chi connectivity index (χ3n) is 5.17. The molecule has 1 aliphatic rings. The largest absolute Gasteiger partial charge is 0.465 e. The molecule has 0 radical (unpaired) electrons. The number of hydrogen-bond donors (Lipinski definition) is 1. The van der Waals surface area contributed by atoms with Gasteiger partial charge in [-0.3, -0.25) is 14.9 Å². The molecule has 2 atom stereocenters. The Morgan fingerprint density at radius 3 is 2.56 bits per heavy atom. The van der Waals surface area contributed by atoms with Crippen LogP contribution in [-0.4, -0.2) is 72.8 Å². The van der Waals surface area contributed by atoms with Crippen LogP contribution in [0.3, 0.4) is 0 Å². The van der Waals surface area contributed by atoms with E-state index in [1.807, 2.05) is 19.1 Å². The lowest BCUT2D eigenvalue weighted by Gasteiger charge is -2.37. The van der Waals surface area contributed by atoms with Crippen LogP contribution >= 0.6 is 0 Å². The second-order valence-corrected chi connectivity index (χ2v) is 7.63. The van der Waals surface area contributed by atoms with Gasteiger partial charge in [-0.1, -0.05) is 24.8 Å². The van der Waals surface area contributed by atoms with Gasteiger partial charge in [0, 0.05) is 13.0 Å². The Morgan fingerprint density at radius 1 is 1.24 bits per heavy atom. The molecular weight excluding hydrogens is 446 g/mol. The zero-order chi connectivity index (χ0) is 25.5. The van der Waals surface area contributed by atoms with E-state index < -0.39 is 29.1 Å². The van der Waals surface area contributed by atoms with Gasteiger partial charge in [0.25, 0.3) is 5.09 Å². The van der Waals surface area contributed by atoms with Gasteiger partial charge in [0.2, 0.25) is 5.91 Å². The molecule has 0 saturated carbocycles. The number of esters is 2. The van der Waals surface area contributed by atoms with Crippen LogP contribution in [0.15, 0.2) is 36.0 Å². The SMILES string of the molecule is C=CC1=C(/C=C\C)CC(C(=O)OCCCCCO[N+](=O)[O-])N(C(=O)C(C)NCC(=O)OCC)C1. The van der Waals surface area contributed by atoms with Gasteiger partial charge in [-0.2, -0.15) is 0 Å². The minimum atomic E-state index is -0.843. The number of unbranched alkanes of at least 4 members (excludes halogenated alkanes) is 2. The van der Waals surface area contributed by atoms with Crippen LogP contribution in [0.2, 0.25) is 0 Å². The van der Waals surface area contributed by atoms with Crippen molar-refractivity contribution in [1.29, 1.82) is 0 Å². The molecule has 0 bridgehead atoms. The summed E-state index contributed by atoms with van der Waals surface area (Å²) in [5.74, 6) is -1.35. The first-order valence-electron chi connectivity index (χ1n) is 11.4. The Hall–Kier alpha value is -3.21. The number of carbonyl (C=O) groups excluding carboxylic acids is 3. The minimum Gasteiger partial charge on any atom is -0.465 e. The van der Waals surface area contributed by atoms with Gasteiger partial charge in [0.15, 0.2) is 0 Å². The molecule has 1 N–H and O–H groups in total. The summed E-state index contributed by atoms with van der Waals surface area (Å²) in [6.45, 7) is 9.43. The van der Waals surface area contributed by atoms with Crippen LogP contribution < -0.4 is 5.32 Å². The van der Waals surface area contributed by atoms with Crippen molar-refractivity contribution < 1.29 is 33.8 Å². The van der Waals surface area contributed by atoms with Gasteiger partial charge < -0.3 is 19.2 Å². The van der Waals surface area contributed by atoms with Gasteiger partial charge in [-0.05, 0) is 51.2 Å². The van der Waals surface area contributed by atoms with Gasteiger partial charge in [-0.25, -0.2) is 4.79 Å². The highest BCUT2D eigenvalue weighted by atomic mass is 16.9. The minimum absolute atomic E-state index is 0.00955. The number of nitrogens with zero attached hydrogens (tertiary/aromatic N) is 2. The number of nitrogens with one attached hydrogen (secondary N) is 1. The number of allylic oxidation sites excluding steroid dienone is 2. The number of hydrogen-bond acceptors (Lipinski definition) is 9. The third-order valence-corrected chi connectivity index (χ3v) is 5.17. The predicted molar refractivity (Wildman–Crippen MR) is 124 cm³/mol. The van der Waals surface area contributed by atoms with Crippen molar-refractivity contribution in [3.63, 3.8) is 0 Å². The normalized spacial score (nSPS) is 16.8. The molecule has 11 nitrogen and oxygen atoms in total. The summed E-state index contributed by atoms with van der Waals surface area (Å²) in [5, 5.41) is 12.1. The molecule has 0 saturated heterocycles. The van der Waals surface area contributed by atoms with Crippen LogP contribution in [0.5, 0.6) is 0 Å². The van der Waals surface area contributed by atoms with E-state index in [-0.39, 0.29) is 45.2 Å². The van der Waals surface area contributed by atoms with Crippen LogP contribution in [0.1, 0.15) is 46.5 Å². The lowest BCUT2D eigenvalue weighted by molar-refractivity contribution is -0.757. The average molecular weight is 482 g/mol. The highest BCUT2D eigenvalue weighted by molar-refractivity contribution is 5.89. The summed E-state index contributed by atoms with van der Waals surface area (Å²) in [7, 11) is 0. The molecule has 190 valence electrons. The highest BCUT2D eigenvalue weighted by Gasteiger charge is 2.37. The van der Waals surface area contributed by atoms with E-state index in [0.29, 0.717) is 19.3 Å². The zero-order valence-corrected chi connectivity index (χ0v) is 20.1. The molecule has 0 fully saturated rings. The van der Waals surface area contributed by atoms with Crippen LogP contribution in [0.25, 0.3) is 0 Å². The fourth-order valence-electron chi connectivity index (χ4n) is 3.43. The Morgan fingerprint density at radius 2 is 1.94 bits per heavy atom. The van der Waals surface area contributed by atoms with Crippen molar-refractivity contribution in [2.75, 3.05) is 32.9 Å². The maximum atomic E-state index is 13.2. The monoisotopic (exact) mass is 481 g/mol. The quantitative estimate of drug-likeness (QED) is 0.161. The topological polar surface area (TPSA) is 137 Å². The van der Waals surface area contributed by atoms with Crippen LogP contribution in [0, 0.1) is 10.1 Å². The van der Waals surface area contributed by atoms with Gasteiger partial charge in [-0.15, -0.1) is 10.1 Å². The standard InChI is InChI=1S/C23H35N3O8/c1-5-11-19-14-20(23(29)33-12-9-8-10-13-34-26(30)31)25(16-18(19)6-2)22(28)17(4)24-15-21(27)32-7-3/h5-6,11,17,20,24H,2,7-10,12-16H2,1,3-4H3/b11-5-. The maximum Gasteiger partial charge on any atom is 0.329 e. The number of rotatable bonds is 15. The van der Waals surface area contributed by atoms with Gasteiger partial charge in [0.05, 0.1) is 32.4 Å². The molecule has 0 aromatic carbocycles. The maximum absolute atomic E-state index is 13.2. The first kappa shape index (κ1) is 28.8. The molecule has 1 rings (SSSR count). The van der Waals surface area contributed by atoms with E-state index in [9.17, 15) is 24.5 Å². The number of ether oxygens (including phenoxy) is 2. The molecule has 11 heteroatoms. The Labute approximate surface area is 199 Å². The summed E-state index contributed by atoms with van der Waals surface area (Å²) in [6.07, 6.45) is 7.26.